The van der Waals surface area contributed by atoms with Crippen LogP contribution in [0.3, 0.4) is 0 Å². The van der Waals surface area contributed by atoms with Crippen LogP contribution in [0, 0.1) is 0 Å². The van der Waals surface area contributed by atoms with Gasteiger partial charge in [-0.05, 0) is 12.8 Å². The highest BCUT2D eigenvalue weighted by molar-refractivity contribution is 5.92. The third kappa shape index (κ3) is 1.65. The normalized spacial score (nSPS) is 15.0. The molecule has 6 heteroatoms. The van der Waals surface area contributed by atoms with E-state index in [-0.39, 0.29) is 0 Å². The number of aromatic amines is 1. The molecule has 0 unspecified atom stereocenters. The molecule has 0 amide bonds. The van der Waals surface area contributed by atoms with Gasteiger partial charge in [0.1, 0.15) is 11.5 Å². The predicted molar refractivity (Wildman–Crippen MR) is 77.8 cm³/mol. The highest BCUT2D eigenvalue weighted by atomic mass is 15.1. The average molecular weight is 276 g/mol. The first-order valence-electron chi connectivity index (χ1n) is 7.01. The summed E-state index contributed by atoms with van der Waals surface area (Å²) in [7, 11) is 0. The van der Waals surface area contributed by atoms with Gasteiger partial charge in [-0.15, -0.1) is 0 Å². The summed E-state index contributed by atoms with van der Waals surface area (Å²) in [5.74, 6) is 2.22. The third-order valence-corrected chi connectivity index (χ3v) is 3.95. The van der Waals surface area contributed by atoms with Gasteiger partial charge in [-0.3, -0.25) is 4.40 Å². The number of fused-ring (bicyclic) bond motifs is 2. The van der Waals surface area contributed by atoms with Gasteiger partial charge in [0.15, 0.2) is 0 Å². The van der Waals surface area contributed by atoms with Gasteiger partial charge in [-0.1, -0.05) is 0 Å². The second kappa shape index (κ2) is 3.88. The van der Waals surface area contributed by atoms with Gasteiger partial charge < -0.3 is 4.98 Å². The van der Waals surface area contributed by atoms with Gasteiger partial charge in [0.2, 0.25) is 5.78 Å². The lowest BCUT2D eigenvalue weighted by Crippen LogP contribution is -1.92. The Hall–Kier alpha value is -2.76. The van der Waals surface area contributed by atoms with Gasteiger partial charge in [-0.2, -0.15) is 0 Å². The first-order chi connectivity index (χ1) is 10.4. The average Bonchev–Trinajstić information content (AvgIpc) is 3.11. The summed E-state index contributed by atoms with van der Waals surface area (Å²) < 4.78 is 1.91. The second-order valence-electron chi connectivity index (χ2n) is 5.44. The highest BCUT2D eigenvalue weighted by Crippen LogP contribution is 2.38. The van der Waals surface area contributed by atoms with Gasteiger partial charge in [0.25, 0.3) is 0 Å². The Labute approximate surface area is 119 Å². The summed E-state index contributed by atoms with van der Waals surface area (Å²) in [5.41, 5.74) is 2.98. The van der Waals surface area contributed by atoms with E-state index < -0.39 is 0 Å². The van der Waals surface area contributed by atoms with Crippen LogP contribution in [0.1, 0.15) is 24.6 Å². The Morgan fingerprint density at radius 2 is 2.10 bits per heavy atom. The van der Waals surface area contributed by atoms with Crippen molar-refractivity contribution in [3.05, 3.63) is 43.0 Å². The first kappa shape index (κ1) is 11.0. The molecule has 6 nitrogen and oxygen atoms in total. The molecule has 1 aliphatic rings. The SMILES string of the molecule is c1cn2cc(-c3c[nH]c4nc(C5CC5)ncc34)cnc2n1. The number of nitrogens with one attached hydrogen (secondary N) is 1. The lowest BCUT2D eigenvalue weighted by atomic mass is 10.1. The number of aromatic nitrogens is 6. The molecule has 1 aliphatic carbocycles. The number of imidazole rings is 1. The van der Waals surface area contributed by atoms with Crippen LogP contribution in [0.5, 0.6) is 0 Å². The van der Waals surface area contributed by atoms with Crippen molar-refractivity contribution in [1.82, 2.24) is 29.3 Å². The fourth-order valence-electron chi connectivity index (χ4n) is 2.65. The van der Waals surface area contributed by atoms with Crippen molar-refractivity contribution >= 4 is 16.8 Å². The summed E-state index contributed by atoms with van der Waals surface area (Å²) in [6.07, 6.45) is 13.8. The Morgan fingerprint density at radius 3 is 3.00 bits per heavy atom. The molecular formula is C15H12N6. The van der Waals surface area contributed by atoms with Crippen molar-refractivity contribution in [3.63, 3.8) is 0 Å². The van der Waals surface area contributed by atoms with Gasteiger partial charge in [0, 0.05) is 59.6 Å². The maximum absolute atomic E-state index is 4.63. The van der Waals surface area contributed by atoms with Crippen molar-refractivity contribution in [2.75, 3.05) is 0 Å². The van der Waals surface area contributed by atoms with Gasteiger partial charge in [-0.25, -0.2) is 19.9 Å². The van der Waals surface area contributed by atoms with Crippen LogP contribution in [0.2, 0.25) is 0 Å². The summed E-state index contributed by atoms with van der Waals surface area (Å²) in [6, 6.07) is 0. The molecule has 0 atom stereocenters. The topological polar surface area (TPSA) is 71.8 Å². The fraction of sp³-hybridized carbons (Fsp3) is 0.200. The predicted octanol–water partition coefficient (Wildman–Crippen LogP) is 2.54. The number of rotatable bonds is 2. The molecule has 0 saturated heterocycles. The van der Waals surface area contributed by atoms with Crippen LogP contribution in [-0.2, 0) is 0 Å². The highest BCUT2D eigenvalue weighted by Gasteiger charge is 2.27. The van der Waals surface area contributed by atoms with Crippen molar-refractivity contribution in [2.45, 2.75) is 18.8 Å². The molecule has 102 valence electrons. The molecule has 0 bridgehead atoms. The largest absolute Gasteiger partial charge is 0.345 e. The van der Waals surface area contributed by atoms with E-state index in [0.29, 0.717) is 11.7 Å². The number of hydrogen-bond donors (Lipinski definition) is 1. The van der Waals surface area contributed by atoms with Crippen LogP contribution in [0.15, 0.2) is 37.2 Å². The van der Waals surface area contributed by atoms with E-state index in [1.165, 1.54) is 12.8 Å². The lowest BCUT2D eigenvalue weighted by molar-refractivity contribution is 0.943. The third-order valence-electron chi connectivity index (χ3n) is 3.95. The molecule has 1 saturated carbocycles. The second-order valence-corrected chi connectivity index (χ2v) is 5.44. The van der Waals surface area contributed by atoms with Crippen LogP contribution >= 0.6 is 0 Å². The maximum Gasteiger partial charge on any atom is 0.233 e. The number of H-pyrrole nitrogens is 1. The lowest BCUT2D eigenvalue weighted by Gasteiger charge is -2.01. The Balaban J connectivity index is 1.68. The molecule has 0 spiro atoms. The quantitative estimate of drug-likeness (QED) is 0.610. The van der Waals surface area contributed by atoms with Crippen LogP contribution in [-0.4, -0.2) is 29.3 Å². The van der Waals surface area contributed by atoms with E-state index in [0.717, 1.165) is 28.0 Å². The summed E-state index contributed by atoms with van der Waals surface area (Å²) in [6.45, 7) is 0. The van der Waals surface area contributed by atoms with Crippen molar-refractivity contribution < 1.29 is 0 Å². The van der Waals surface area contributed by atoms with Crippen molar-refractivity contribution in [1.29, 1.82) is 0 Å². The van der Waals surface area contributed by atoms with E-state index in [9.17, 15) is 0 Å². The van der Waals surface area contributed by atoms with Crippen molar-refractivity contribution in [3.8, 4) is 11.1 Å². The molecule has 1 N–H and O–H groups in total. The number of hydrogen-bond acceptors (Lipinski definition) is 4. The first-order valence-corrected chi connectivity index (χ1v) is 7.01. The fourth-order valence-corrected chi connectivity index (χ4v) is 2.65. The van der Waals surface area contributed by atoms with E-state index >= 15 is 0 Å². The molecular weight excluding hydrogens is 264 g/mol. The van der Waals surface area contributed by atoms with E-state index in [1.54, 1.807) is 6.20 Å². The molecule has 4 heterocycles. The summed E-state index contributed by atoms with van der Waals surface area (Å²) >= 11 is 0. The number of nitrogens with zero attached hydrogens (tertiary/aromatic N) is 5. The van der Waals surface area contributed by atoms with Crippen LogP contribution in [0.25, 0.3) is 27.9 Å². The standard InChI is InChI=1S/C15H12N6/c1-2-9(1)13-17-7-12-11(6-18-14(12)20-13)10-5-19-15-16-3-4-21(15)8-10/h3-9H,1-2H2,(H,17,18,20). The minimum Gasteiger partial charge on any atom is -0.345 e. The summed E-state index contributed by atoms with van der Waals surface area (Å²) in [4.78, 5) is 20.9. The molecule has 0 aliphatic heterocycles. The Kier molecular flexibility index (Phi) is 2.02. The zero-order valence-corrected chi connectivity index (χ0v) is 11.2. The van der Waals surface area contributed by atoms with Crippen molar-refractivity contribution in [2.24, 2.45) is 0 Å². The minimum absolute atomic E-state index is 0.560. The molecule has 4 aromatic heterocycles. The molecule has 0 aromatic carbocycles. The molecule has 5 rings (SSSR count). The zero-order valence-electron chi connectivity index (χ0n) is 11.2. The molecule has 0 radical (unpaired) electrons. The molecule has 21 heavy (non-hydrogen) atoms. The van der Waals surface area contributed by atoms with Gasteiger partial charge in [0.05, 0.1) is 0 Å². The van der Waals surface area contributed by atoms with Gasteiger partial charge >= 0.3 is 0 Å². The maximum atomic E-state index is 4.63. The van der Waals surface area contributed by atoms with E-state index in [1.807, 2.05) is 35.4 Å². The Morgan fingerprint density at radius 1 is 1.14 bits per heavy atom. The molecule has 1 fully saturated rings. The van der Waals surface area contributed by atoms with Crippen LogP contribution < -0.4 is 0 Å². The smallest absolute Gasteiger partial charge is 0.233 e. The van der Waals surface area contributed by atoms with Crippen LogP contribution in [0.4, 0.5) is 0 Å². The molecule has 4 aromatic rings. The van der Waals surface area contributed by atoms with E-state index in [2.05, 4.69) is 24.9 Å². The zero-order chi connectivity index (χ0) is 13.8. The Bertz CT molecular complexity index is 963. The summed E-state index contributed by atoms with van der Waals surface area (Å²) in [5, 5.41) is 1.03. The van der Waals surface area contributed by atoms with E-state index in [4.69, 9.17) is 0 Å². The monoisotopic (exact) mass is 276 g/mol. The minimum atomic E-state index is 0.560.